The third-order valence-corrected chi connectivity index (χ3v) is 3.50. The van der Waals surface area contributed by atoms with Crippen LogP contribution in [0.15, 0.2) is 18.2 Å². The van der Waals surface area contributed by atoms with Crippen LogP contribution in [-0.2, 0) is 14.3 Å². The van der Waals surface area contributed by atoms with Crippen molar-refractivity contribution in [2.75, 3.05) is 32.6 Å². The van der Waals surface area contributed by atoms with Crippen molar-refractivity contribution in [2.45, 2.75) is 12.8 Å². The molecular formula is C14H18Cl2N2O3. The molecule has 0 bridgehead atoms. The zero-order chi connectivity index (χ0) is 15.8. The lowest BCUT2D eigenvalue weighted by Crippen LogP contribution is -2.26. The molecule has 0 saturated carbocycles. The first-order chi connectivity index (χ1) is 9.93. The molecule has 0 fully saturated rings. The Hall–Kier alpha value is -1.30. The summed E-state index contributed by atoms with van der Waals surface area (Å²) in [6, 6.07) is 5.03. The predicted molar refractivity (Wildman–Crippen MR) is 83.8 cm³/mol. The van der Waals surface area contributed by atoms with Crippen LogP contribution in [0.3, 0.4) is 0 Å². The molecule has 5 nitrogen and oxygen atoms in total. The van der Waals surface area contributed by atoms with E-state index in [0.29, 0.717) is 35.2 Å². The Balaban J connectivity index is 2.39. The number of hydrogen-bond acceptors (Lipinski definition) is 4. The zero-order valence-electron chi connectivity index (χ0n) is 12.0. The molecule has 0 aromatic heterocycles. The molecule has 0 spiro atoms. The number of carbonyl (C=O) groups is 2. The first-order valence-electron chi connectivity index (χ1n) is 6.43. The third-order valence-electron chi connectivity index (χ3n) is 2.87. The van der Waals surface area contributed by atoms with E-state index in [4.69, 9.17) is 23.2 Å². The number of ether oxygens (including phenoxy) is 1. The lowest BCUT2D eigenvalue weighted by Gasteiger charge is -2.16. The van der Waals surface area contributed by atoms with Crippen molar-refractivity contribution in [3.8, 4) is 0 Å². The molecule has 0 aliphatic heterocycles. The van der Waals surface area contributed by atoms with E-state index in [1.165, 1.54) is 7.11 Å². The molecule has 0 aliphatic carbocycles. The molecule has 1 rings (SSSR count). The number of rotatable bonds is 7. The molecule has 1 amide bonds. The number of carbonyl (C=O) groups excluding carboxylic acids is 2. The van der Waals surface area contributed by atoms with Crippen LogP contribution in [-0.4, -0.2) is 44.0 Å². The van der Waals surface area contributed by atoms with Crippen molar-refractivity contribution in [1.29, 1.82) is 0 Å². The maximum absolute atomic E-state index is 11.9. The lowest BCUT2D eigenvalue weighted by molar-refractivity contribution is -0.140. The number of hydrogen-bond donors (Lipinski definition) is 1. The van der Waals surface area contributed by atoms with Gasteiger partial charge in [-0.15, -0.1) is 0 Å². The number of halogens is 2. The molecule has 1 aromatic carbocycles. The predicted octanol–water partition coefficient (Wildman–Crippen LogP) is 2.82. The largest absolute Gasteiger partial charge is 0.469 e. The van der Waals surface area contributed by atoms with Crippen LogP contribution >= 0.6 is 23.2 Å². The Morgan fingerprint density at radius 3 is 2.33 bits per heavy atom. The smallest absolute Gasteiger partial charge is 0.306 e. The van der Waals surface area contributed by atoms with Gasteiger partial charge < -0.3 is 15.0 Å². The van der Waals surface area contributed by atoms with Crippen molar-refractivity contribution in [2.24, 2.45) is 0 Å². The average molecular weight is 333 g/mol. The maximum atomic E-state index is 11.9. The summed E-state index contributed by atoms with van der Waals surface area (Å²) in [5, 5.41) is 3.48. The van der Waals surface area contributed by atoms with Gasteiger partial charge in [0.05, 0.1) is 29.3 Å². The van der Waals surface area contributed by atoms with Crippen LogP contribution in [0.25, 0.3) is 0 Å². The minimum absolute atomic E-state index is 0.185. The maximum Gasteiger partial charge on any atom is 0.306 e. The average Bonchev–Trinajstić information content (AvgIpc) is 2.46. The summed E-state index contributed by atoms with van der Waals surface area (Å²) in [5.74, 6) is -0.455. The molecule has 0 atom stereocenters. The Labute approximate surface area is 134 Å². The van der Waals surface area contributed by atoms with Crippen molar-refractivity contribution in [3.05, 3.63) is 28.2 Å². The number of esters is 1. The van der Waals surface area contributed by atoms with Crippen molar-refractivity contribution >= 4 is 40.8 Å². The quantitative estimate of drug-likeness (QED) is 0.780. The standard InChI is InChI=1S/C14H18Cl2N2O3/c1-18(9-7-13(20)21-2)8-6-12(19)17-14-10(15)4-3-5-11(14)16/h3-5H,6-9H2,1-2H3,(H,17,19). The molecule has 0 saturated heterocycles. The van der Waals surface area contributed by atoms with Gasteiger partial charge >= 0.3 is 5.97 Å². The van der Waals surface area contributed by atoms with Gasteiger partial charge in [-0.3, -0.25) is 9.59 Å². The highest BCUT2D eigenvalue weighted by Crippen LogP contribution is 2.29. The molecular weight excluding hydrogens is 315 g/mol. The molecule has 0 heterocycles. The third kappa shape index (κ3) is 6.33. The number of anilines is 1. The number of nitrogens with zero attached hydrogens (tertiary/aromatic N) is 1. The highest BCUT2D eigenvalue weighted by molar-refractivity contribution is 6.39. The topological polar surface area (TPSA) is 58.6 Å². The van der Waals surface area contributed by atoms with Gasteiger partial charge in [0.25, 0.3) is 0 Å². The zero-order valence-corrected chi connectivity index (χ0v) is 13.5. The Morgan fingerprint density at radius 1 is 1.19 bits per heavy atom. The van der Waals surface area contributed by atoms with E-state index < -0.39 is 0 Å². The molecule has 7 heteroatoms. The van der Waals surface area contributed by atoms with Crippen LogP contribution in [0.2, 0.25) is 10.0 Å². The van der Waals surface area contributed by atoms with Crippen molar-refractivity contribution in [1.82, 2.24) is 4.90 Å². The SMILES string of the molecule is COC(=O)CCN(C)CCC(=O)Nc1c(Cl)cccc1Cl. The summed E-state index contributed by atoms with van der Waals surface area (Å²) in [5.41, 5.74) is 0.419. The minimum atomic E-state index is -0.269. The fourth-order valence-electron chi connectivity index (χ4n) is 1.61. The normalized spacial score (nSPS) is 10.5. The molecule has 0 aliphatic rings. The van der Waals surface area contributed by atoms with Gasteiger partial charge in [-0.1, -0.05) is 29.3 Å². The second-order valence-electron chi connectivity index (χ2n) is 4.52. The van der Waals surface area contributed by atoms with Crippen molar-refractivity contribution in [3.63, 3.8) is 0 Å². The summed E-state index contributed by atoms with van der Waals surface area (Å²) < 4.78 is 4.56. The second kappa shape index (κ2) is 8.87. The van der Waals surface area contributed by atoms with Crippen LogP contribution in [0, 0.1) is 0 Å². The van der Waals surface area contributed by atoms with Gasteiger partial charge in [-0.25, -0.2) is 0 Å². The van der Waals surface area contributed by atoms with Gasteiger partial charge in [-0.2, -0.15) is 0 Å². The summed E-state index contributed by atoms with van der Waals surface area (Å²) in [6.45, 7) is 1.05. The van der Waals surface area contributed by atoms with E-state index in [-0.39, 0.29) is 18.3 Å². The van der Waals surface area contributed by atoms with Crippen molar-refractivity contribution < 1.29 is 14.3 Å². The summed E-state index contributed by atoms with van der Waals surface area (Å²) in [7, 11) is 3.18. The van der Waals surface area contributed by atoms with Crippen LogP contribution in [0.4, 0.5) is 5.69 Å². The van der Waals surface area contributed by atoms with E-state index >= 15 is 0 Å². The monoisotopic (exact) mass is 332 g/mol. The van der Waals surface area contributed by atoms with Crippen LogP contribution < -0.4 is 5.32 Å². The van der Waals surface area contributed by atoms with E-state index in [0.717, 1.165) is 0 Å². The van der Waals surface area contributed by atoms with E-state index in [2.05, 4.69) is 10.1 Å². The summed E-state index contributed by atoms with van der Waals surface area (Å²) >= 11 is 12.0. The highest BCUT2D eigenvalue weighted by Gasteiger charge is 2.11. The molecule has 0 radical (unpaired) electrons. The van der Waals surface area contributed by atoms with Gasteiger partial charge in [0.15, 0.2) is 0 Å². The fourth-order valence-corrected chi connectivity index (χ4v) is 2.10. The highest BCUT2D eigenvalue weighted by atomic mass is 35.5. The van der Waals surface area contributed by atoms with E-state index in [1.54, 1.807) is 18.2 Å². The number of methoxy groups -OCH3 is 1. The minimum Gasteiger partial charge on any atom is -0.469 e. The van der Waals surface area contributed by atoms with Gasteiger partial charge in [0.1, 0.15) is 0 Å². The van der Waals surface area contributed by atoms with E-state index in [9.17, 15) is 9.59 Å². The fraction of sp³-hybridized carbons (Fsp3) is 0.429. The second-order valence-corrected chi connectivity index (χ2v) is 5.34. The number of amides is 1. The Kier molecular flexibility index (Phi) is 7.50. The number of para-hydroxylation sites is 1. The van der Waals surface area contributed by atoms with Crippen LogP contribution in [0.5, 0.6) is 0 Å². The molecule has 1 aromatic rings. The molecule has 1 N–H and O–H groups in total. The molecule has 21 heavy (non-hydrogen) atoms. The number of nitrogens with one attached hydrogen (secondary N) is 1. The molecule has 116 valence electrons. The summed E-state index contributed by atoms with van der Waals surface area (Å²) in [6.07, 6.45) is 0.574. The van der Waals surface area contributed by atoms with E-state index in [1.807, 2.05) is 11.9 Å². The molecule has 0 unspecified atom stereocenters. The first kappa shape index (κ1) is 17.8. The summed E-state index contributed by atoms with van der Waals surface area (Å²) in [4.78, 5) is 24.8. The van der Waals surface area contributed by atoms with Gasteiger partial charge in [-0.05, 0) is 19.2 Å². The Bertz CT molecular complexity index is 489. The number of benzene rings is 1. The van der Waals surface area contributed by atoms with Crippen LogP contribution in [0.1, 0.15) is 12.8 Å². The van der Waals surface area contributed by atoms with Gasteiger partial charge in [0, 0.05) is 19.5 Å². The Morgan fingerprint density at radius 2 is 1.76 bits per heavy atom. The lowest BCUT2D eigenvalue weighted by atomic mass is 10.3. The van der Waals surface area contributed by atoms with Gasteiger partial charge in [0.2, 0.25) is 5.91 Å². The first-order valence-corrected chi connectivity index (χ1v) is 7.19.